The minimum absolute atomic E-state index is 0.0294. The Morgan fingerprint density at radius 1 is 1.35 bits per heavy atom. The van der Waals surface area contributed by atoms with E-state index < -0.39 is 22.9 Å². The van der Waals surface area contributed by atoms with Crippen LogP contribution in [0.4, 0.5) is 11.4 Å². The van der Waals surface area contributed by atoms with Crippen LogP contribution in [0.5, 0.6) is 5.75 Å². The molecular weight excluding hydrogens is 366 g/mol. The summed E-state index contributed by atoms with van der Waals surface area (Å²) in [6, 6.07) is 6.63. The number of pyridine rings is 1. The lowest BCUT2D eigenvalue weighted by Gasteiger charge is -2.15. The first kappa shape index (κ1) is 19.1. The number of anilines is 1. The number of ether oxygens (including phenoxy) is 2. The molecule has 136 valence electrons. The lowest BCUT2D eigenvalue weighted by molar-refractivity contribution is -0.384. The molecule has 1 atom stereocenters. The molecule has 0 bridgehead atoms. The van der Waals surface area contributed by atoms with Gasteiger partial charge in [-0.15, -0.1) is 0 Å². The molecule has 9 nitrogen and oxygen atoms in total. The Morgan fingerprint density at radius 3 is 2.69 bits per heavy atom. The third-order valence-electron chi connectivity index (χ3n) is 3.29. The molecule has 0 spiro atoms. The van der Waals surface area contributed by atoms with Gasteiger partial charge in [0.05, 0.1) is 29.4 Å². The van der Waals surface area contributed by atoms with Crippen LogP contribution in [-0.2, 0) is 9.53 Å². The van der Waals surface area contributed by atoms with Crippen LogP contribution in [0.3, 0.4) is 0 Å². The van der Waals surface area contributed by atoms with Crippen molar-refractivity contribution in [3.63, 3.8) is 0 Å². The molecular formula is C16H14ClN3O6. The topological polar surface area (TPSA) is 121 Å². The highest BCUT2D eigenvalue weighted by Crippen LogP contribution is 2.29. The van der Waals surface area contributed by atoms with Gasteiger partial charge in [-0.05, 0) is 25.1 Å². The summed E-state index contributed by atoms with van der Waals surface area (Å²) in [5.74, 6) is -1.35. The average molecular weight is 380 g/mol. The smallest absolute Gasteiger partial charge is 0.342 e. The van der Waals surface area contributed by atoms with E-state index in [1.54, 1.807) is 0 Å². The molecule has 1 aromatic heterocycles. The molecule has 1 amide bonds. The van der Waals surface area contributed by atoms with E-state index in [0.717, 1.165) is 0 Å². The van der Waals surface area contributed by atoms with Crippen molar-refractivity contribution in [2.24, 2.45) is 0 Å². The first-order valence-corrected chi connectivity index (χ1v) is 7.66. The van der Waals surface area contributed by atoms with Gasteiger partial charge in [0.1, 0.15) is 10.9 Å². The number of benzene rings is 1. The highest BCUT2D eigenvalue weighted by molar-refractivity contribution is 6.32. The van der Waals surface area contributed by atoms with E-state index >= 15 is 0 Å². The Hall–Kier alpha value is -3.20. The number of nitro benzene ring substituents is 1. The van der Waals surface area contributed by atoms with E-state index in [9.17, 15) is 19.7 Å². The number of carbonyl (C=O) groups excluding carboxylic acids is 2. The largest absolute Gasteiger partial charge is 0.494 e. The number of aromatic nitrogens is 1. The average Bonchev–Trinajstić information content (AvgIpc) is 2.61. The van der Waals surface area contributed by atoms with Gasteiger partial charge in [0, 0.05) is 12.3 Å². The number of nitrogens with one attached hydrogen (secondary N) is 1. The third-order valence-corrected chi connectivity index (χ3v) is 3.59. The van der Waals surface area contributed by atoms with Crippen molar-refractivity contribution in [3.05, 3.63) is 57.4 Å². The first-order valence-electron chi connectivity index (χ1n) is 7.28. The number of nitrogens with zero attached hydrogens (tertiary/aromatic N) is 2. The van der Waals surface area contributed by atoms with Crippen LogP contribution in [0, 0.1) is 10.1 Å². The second kappa shape index (κ2) is 8.26. The number of rotatable bonds is 6. The van der Waals surface area contributed by atoms with Gasteiger partial charge in [-0.3, -0.25) is 14.9 Å². The van der Waals surface area contributed by atoms with Gasteiger partial charge < -0.3 is 14.8 Å². The standard InChI is InChI=1S/C16H14ClN3O6/c1-9(26-16(22)11-4-3-7-18-14(11)17)15(21)19-12-6-5-10(20(23)24)8-13(12)25-2/h3-9H,1-2H3,(H,19,21)/t9-/m1/s1. The molecule has 1 heterocycles. The Kier molecular flexibility index (Phi) is 6.07. The molecule has 1 N–H and O–H groups in total. The van der Waals surface area contributed by atoms with Crippen molar-refractivity contribution in [1.29, 1.82) is 0 Å². The molecule has 10 heteroatoms. The predicted molar refractivity (Wildman–Crippen MR) is 92.4 cm³/mol. The summed E-state index contributed by atoms with van der Waals surface area (Å²) in [7, 11) is 1.31. The molecule has 0 saturated carbocycles. The monoisotopic (exact) mass is 379 g/mol. The van der Waals surface area contributed by atoms with Crippen molar-refractivity contribution in [3.8, 4) is 5.75 Å². The molecule has 2 aromatic rings. The lowest BCUT2D eigenvalue weighted by Crippen LogP contribution is -2.30. The summed E-state index contributed by atoms with van der Waals surface area (Å²) in [6.07, 6.45) is 0.259. The SMILES string of the molecule is COc1cc([N+](=O)[O-])ccc1NC(=O)[C@@H](C)OC(=O)c1cccnc1Cl. The number of non-ortho nitro benzene ring substituents is 1. The number of halogens is 1. The Morgan fingerprint density at radius 2 is 2.08 bits per heavy atom. The van der Waals surface area contributed by atoms with Crippen molar-refractivity contribution in [1.82, 2.24) is 4.98 Å². The molecule has 0 aliphatic rings. The van der Waals surface area contributed by atoms with Crippen LogP contribution < -0.4 is 10.1 Å². The number of esters is 1. The third kappa shape index (κ3) is 4.45. The maximum Gasteiger partial charge on any atom is 0.342 e. The van der Waals surface area contributed by atoms with Gasteiger partial charge in [-0.2, -0.15) is 0 Å². The zero-order valence-corrected chi connectivity index (χ0v) is 14.5. The lowest BCUT2D eigenvalue weighted by atomic mass is 10.2. The van der Waals surface area contributed by atoms with Gasteiger partial charge in [-0.25, -0.2) is 9.78 Å². The molecule has 0 aliphatic carbocycles. The van der Waals surface area contributed by atoms with Crippen molar-refractivity contribution < 1.29 is 24.0 Å². The summed E-state index contributed by atoms with van der Waals surface area (Å²) in [6.45, 7) is 1.37. The number of nitro groups is 1. The molecule has 26 heavy (non-hydrogen) atoms. The van der Waals surface area contributed by atoms with E-state index in [1.165, 1.54) is 50.6 Å². The van der Waals surface area contributed by atoms with Gasteiger partial charge in [0.2, 0.25) is 0 Å². The van der Waals surface area contributed by atoms with Crippen molar-refractivity contribution in [2.45, 2.75) is 13.0 Å². The van der Waals surface area contributed by atoms with Gasteiger partial charge in [0.15, 0.2) is 6.10 Å². The number of amides is 1. The zero-order chi connectivity index (χ0) is 19.3. The van der Waals surface area contributed by atoms with E-state index in [0.29, 0.717) is 0 Å². The predicted octanol–water partition coefficient (Wildman–Crippen LogP) is 2.84. The maximum absolute atomic E-state index is 12.2. The highest BCUT2D eigenvalue weighted by atomic mass is 35.5. The Bertz CT molecular complexity index is 858. The molecule has 0 radical (unpaired) electrons. The number of hydrogen-bond donors (Lipinski definition) is 1. The van der Waals surface area contributed by atoms with E-state index in [1.807, 2.05) is 0 Å². The van der Waals surface area contributed by atoms with E-state index in [4.69, 9.17) is 21.1 Å². The molecule has 1 aromatic carbocycles. The van der Waals surface area contributed by atoms with Crippen LogP contribution in [0.25, 0.3) is 0 Å². The minimum atomic E-state index is -1.15. The Labute approximate surface area is 153 Å². The second-order valence-electron chi connectivity index (χ2n) is 5.02. The second-order valence-corrected chi connectivity index (χ2v) is 5.38. The van der Waals surface area contributed by atoms with Crippen LogP contribution in [0.2, 0.25) is 5.15 Å². The fourth-order valence-electron chi connectivity index (χ4n) is 1.95. The normalized spacial score (nSPS) is 11.3. The van der Waals surface area contributed by atoms with Crippen LogP contribution in [-0.4, -0.2) is 35.0 Å². The fraction of sp³-hybridized carbons (Fsp3) is 0.188. The molecule has 0 aliphatic heterocycles. The maximum atomic E-state index is 12.2. The molecule has 0 unspecified atom stereocenters. The van der Waals surface area contributed by atoms with Crippen LogP contribution in [0.15, 0.2) is 36.5 Å². The summed E-state index contributed by atoms with van der Waals surface area (Å²) < 4.78 is 10.1. The highest BCUT2D eigenvalue weighted by Gasteiger charge is 2.22. The van der Waals surface area contributed by atoms with Crippen molar-refractivity contribution in [2.75, 3.05) is 12.4 Å². The summed E-state index contributed by atoms with van der Waals surface area (Å²) in [5, 5.41) is 13.2. The van der Waals surface area contributed by atoms with E-state index in [-0.39, 0.29) is 27.8 Å². The first-order chi connectivity index (χ1) is 12.3. The number of carbonyl (C=O) groups is 2. The van der Waals surface area contributed by atoms with Gasteiger partial charge in [0.25, 0.3) is 11.6 Å². The Balaban J connectivity index is 2.08. The van der Waals surface area contributed by atoms with Gasteiger partial charge >= 0.3 is 5.97 Å². The summed E-state index contributed by atoms with van der Waals surface area (Å²) in [4.78, 5) is 38.2. The minimum Gasteiger partial charge on any atom is -0.494 e. The quantitative estimate of drug-likeness (QED) is 0.354. The van der Waals surface area contributed by atoms with Crippen LogP contribution >= 0.6 is 11.6 Å². The summed E-state index contributed by atoms with van der Waals surface area (Å²) in [5.41, 5.74) is 0.0395. The molecule has 0 fully saturated rings. The number of hydrogen-bond acceptors (Lipinski definition) is 7. The van der Waals surface area contributed by atoms with Gasteiger partial charge in [-0.1, -0.05) is 11.6 Å². The zero-order valence-electron chi connectivity index (χ0n) is 13.8. The summed E-state index contributed by atoms with van der Waals surface area (Å²) >= 11 is 5.81. The molecule has 0 saturated heterocycles. The number of methoxy groups -OCH3 is 1. The van der Waals surface area contributed by atoms with Crippen molar-refractivity contribution >= 4 is 34.9 Å². The molecule has 2 rings (SSSR count). The van der Waals surface area contributed by atoms with Crippen LogP contribution in [0.1, 0.15) is 17.3 Å². The van der Waals surface area contributed by atoms with E-state index in [2.05, 4.69) is 10.3 Å². The fourth-order valence-corrected chi connectivity index (χ4v) is 2.14.